The monoisotopic (exact) mass is 514 g/mol. The molecule has 0 aliphatic rings. The molecule has 0 bridgehead atoms. The molecule has 35 heavy (non-hydrogen) atoms. The Labute approximate surface area is 203 Å². The molecule has 2 aromatic carbocycles. The van der Waals surface area contributed by atoms with Crippen molar-refractivity contribution in [3.05, 3.63) is 64.6 Å². The zero-order valence-corrected chi connectivity index (χ0v) is 20.5. The highest BCUT2D eigenvalue weighted by atomic mass is 32.2. The molecular formula is C24H23F5N2O3S. The first-order valence-corrected chi connectivity index (χ1v) is 11.4. The largest absolute Gasteiger partial charge is 0.494 e. The summed E-state index contributed by atoms with van der Waals surface area (Å²) in [6.07, 6.45) is -0.145. The van der Waals surface area contributed by atoms with Crippen LogP contribution in [-0.2, 0) is 16.8 Å². The number of hydrogen-bond acceptors (Lipinski definition) is 5. The normalized spacial score (nSPS) is 11.6. The van der Waals surface area contributed by atoms with E-state index in [9.17, 15) is 26.7 Å². The number of hydrogen-bond donors (Lipinski definition) is 0. The van der Waals surface area contributed by atoms with Gasteiger partial charge in [0.1, 0.15) is 5.75 Å². The van der Waals surface area contributed by atoms with Crippen molar-refractivity contribution in [2.75, 3.05) is 6.61 Å². The van der Waals surface area contributed by atoms with Gasteiger partial charge in [-0.2, -0.15) is 5.10 Å². The third-order valence-corrected chi connectivity index (χ3v) is 6.00. The van der Waals surface area contributed by atoms with Gasteiger partial charge < -0.3 is 9.47 Å². The number of carbonyl (C=O) groups is 1. The summed E-state index contributed by atoms with van der Waals surface area (Å²) in [7, 11) is 0. The van der Waals surface area contributed by atoms with Gasteiger partial charge in [-0.25, -0.2) is 26.6 Å². The summed E-state index contributed by atoms with van der Waals surface area (Å²) >= 11 is 0.250. The van der Waals surface area contributed by atoms with Gasteiger partial charge >= 0.3 is 5.97 Å². The van der Waals surface area contributed by atoms with Gasteiger partial charge in [0.15, 0.2) is 23.3 Å². The summed E-state index contributed by atoms with van der Waals surface area (Å²) < 4.78 is 81.9. The van der Waals surface area contributed by atoms with Crippen molar-refractivity contribution in [2.45, 2.75) is 56.4 Å². The molecule has 11 heteroatoms. The van der Waals surface area contributed by atoms with Gasteiger partial charge in [-0.15, -0.1) is 0 Å². The molecule has 188 valence electrons. The van der Waals surface area contributed by atoms with Crippen molar-refractivity contribution in [1.82, 2.24) is 9.78 Å². The molecule has 0 aliphatic carbocycles. The van der Waals surface area contributed by atoms with Crippen LogP contribution in [0.15, 0.2) is 34.1 Å². The van der Waals surface area contributed by atoms with Gasteiger partial charge in [-0.1, -0.05) is 23.9 Å². The standard InChI is InChI=1S/C24H23F5N2O3S/c1-6-33-14-9-7-13(8-10-14)11-15(32)34-23-21(12(2)30-31(23)24(3,4)5)35-22-19(28)17(26)16(25)18(27)20(22)29/h7-10H,6,11H2,1-5H3. The maximum Gasteiger partial charge on any atom is 0.317 e. The molecule has 0 amide bonds. The quantitative estimate of drug-likeness (QED) is 0.159. The van der Waals surface area contributed by atoms with Gasteiger partial charge in [0.05, 0.1) is 34.1 Å². The van der Waals surface area contributed by atoms with Crippen molar-refractivity contribution in [3.8, 4) is 11.6 Å². The molecule has 0 unspecified atom stereocenters. The van der Waals surface area contributed by atoms with E-state index < -0.39 is 45.5 Å². The molecular weight excluding hydrogens is 491 g/mol. The number of esters is 1. The lowest BCUT2D eigenvalue weighted by atomic mass is 10.1. The summed E-state index contributed by atoms with van der Waals surface area (Å²) in [4.78, 5) is 11.6. The number of nitrogens with zero attached hydrogens (tertiary/aromatic N) is 2. The molecule has 0 spiro atoms. The maximum absolute atomic E-state index is 14.3. The van der Waals surface area contributed by atoms with Crippen molar-refractivity contribution in [3.63, 3.8) is 0 Å². The van der Waals surface area contributed by atoms with E-state index in [0.29, 0.717) is 17.9 Å². The highest BCUT2D eigenvalue weighted by Gasteiger charge is 2.31. The summed E-state index contributed by atoms with van der Waals surface area (Å²) in [5, 5.41) is 4.29. The Bertz CT molecular complexity index is 1220. The van der Waals surface area contributed by atoms with Gasteiger partial charge in [0, 0.05) is 0 Å². The number of aromatic nitrogens is 2. The summed E-state index contributed by atoms with van der Waals surface area (Å²) in [5.41, 5.74) is 0.0537. The Kier molecular flexibility index (Phi) is 7.78. The average Bonchev–Trinajstić information content (AvgIpc) is 3.10. The molecule has 0 saturated heterocycles. The highest BCUT2D eigenvalue weighted by molar-refractivity contribution is 7.99. The topological polar surface area (TPSA) is 53.4 Å². The van der Waals surface area contributed by atoms with E-state index in [0.717, 1.165) is 0 Å². The van der Waals surface area contributed by atoms with E-state index in [1.165, 1.54) is 11.6 Å². The second kappa shape index (κ2) is 10.3. The van der Waals surface area contributed by atoms with E-state index in [4.69, 9.17) is 9.47 Å². The molecule has 0 aliphatic heterocycles. The molecule has 5 nitrogen and oxygen atoms in total. The van der Waals surface area contributed by atoms with E-state index in [2.05, 4.69) is 5.10 Å². The fourth-order valence-electron chi connectivity index (χ4n) is 3.11. The average molecular weight is 515 g/mol. The summed E-state index contributed by atoms with van der Waals surface area (Å²) in [5.74, 6) is -10.6. The van der Waals surface area contributed by atoms with Crippen LogP contribution >= 0.6 is 11.8 Å². The lowest BCUT2D eigenvalue weighted by Gasteiger charge is -2.22. The summed E-state index contributed by atoms with van der Waals surface area (Å²) in [6, 6.07) is 6.76. The van der Waals surface area contributed by atoms with Crippen LogP contribution in [-0.4, -0.2) is 22.4 Å². The molecule has 1 aromatic heterocycles. The van der Waals surface area contributed by atoms with Crippen LogP contribution in [0.1, 0.15) is 39.0 Å². The van der Waals surface area contributed by atoms with Gasteiger partial charge in [0.25, 0.3) is 0 Å². The van der Waals surface area contributed by atoms with Gasteiger partial charge in [0.2, 0.25) is 11.7 Å². The molecule has 0 N–H and O–H groups in total. The smallest absolute Gasteiger partial charge is 0.317 e. The highest BCUT2D eigenvalue weighted by Crippen LogP contribution is 2.43. The Balaban J connectivity index is 1.98. The Hall–Kier alpha value is -3.08. The zero-order valence-electron chi connectivity index (χ0n) is 19.6. The molecule has 0 saturated carbocycles. The van der Waals surface area contributed by atoms with Crippen LogP contribution in [0.25, 0.3) is 0 Å². The number of rotatable bonds is 7. The number of ether oxygens (including phenoxy) is 2. The first-order valence-electron chi connectivity index (χ1n) is 10.6. The first kappa shape index (κ1) is 26.5. The lowest BCUT2D eigenvalue weighted by Crippen LogP contribution is -2.26. The van der Waals surface area contributed by atoms with Crippen LogP contribution in [0.4, 0.5) is 22.0 Å². The van der Waals surface area contributed by atoms with E-state index in [-0.39, 0.29) is 34.7 Å². The zero-order chi connectivity index (χ0) is 26.1. The van der Waals surface area contributed by atoms with Crippen molar-refractivity contribution >= 4 is 17.7 Å². The molecule has 0 radical (unpaired) electrons. The molecule has 3 rings (SSSR count). The van der Waals surface area contributed by atoms with Gasteiger partial charge in [-0.05, 0) is 52.3 Å². The lowest BCUT2D eigenvalue weighted by molar-refractivity contribution is -0.134. The minimum Gasteiger partial charge on any atom is -0.494 e. The predicted octanol–water partition coefficient (Wildman–Crippen LogP) is 6.34. The van der Waals surface area contributed by atoms with Crippen LogP contribution in [0.5, 0.6) is 11.6 Å². The van der Waals surface area contributed by atoms with Crippen LogP contribution in [0.2, 0.25) is 0 Å². The second-order valence-corrected chi connectivity index (χ2v) is 9.55. The van der Waals surface area contributed by atoms with Crippen molar-refractivity contribution in [2.24, 2.45) is 0 Å². The SMILES string of the molecule is CCOc1ccc(CC(=O)Oc2c(Sc3c(F)c(F)c(F)c(F)c3F)c(C)nn2C(C)(C)C)cc1. The second-order valence-electron chi connectivity index (χ2n) is 8.53. The van der Waals surface area contributed by atoms with Gasteiger partial charge in [-0.3, -0.25) is 4.79 Å². The Morgan fingerprint density at radius 2 is 1.49 bits per heavy atom. The van der Waals surface area contributed by atoms with Crippen molar-refractivity contribution < 1.29 is 36.2 Å². The Morgan fingerprint density at radius 3 is 2.00 bits per heavy atom. The van der Waals surface area contributed by atoms with E-state index in [1.54, 1.807) is 45.0 Å². The maximum atomic E-state index is 14.3. The molecule has 0 fully saturated rings. The van der Waals surface area contributed by atoms with Crippen LogP contribution in [0.3, 0.4) is 0 Å². The van der Waals surface area contributed by atoms with E-state index >= 15 is 0 Å². The van der Waals surface area contributed by atoms with Crippen molar-refractivity contribution in [1.29, 1.82) is 0 Å². The third-order valence-electron chi connectivity index (χ3n) is 4.77. The Morgan fingerprint density at radius 1 is 0.943 bits per heavy atom. The fourth-order valence-corrected chi connectivity index (χ4v) is 4.08. The molecule has 0 atom stereocenters. The summed E-state index contributed by atoms with van der Waals surface area (Å²) in [6.45, 7) is 9.04. The fraction of sp³-hybridized carbons (Fsp3) is 0.333. The molecule has 1 heterocycles. The van der Waals surface area contributed by atoms with E-state index in [1.807, 2.05) is 6.92 Å². The minimum atomic E-state index is -2.26. The molecule has 3 aromatic rings. The third kappa shape index (κ3) is 5.61. The number of aryl methyl sites for hydroxylation is 1. The van der Waals surface area contributed by atoms with Crippen LogP contribution < -0.4 is 9.47 Å². The number of benzene rings is 2. The number of carbonyl (C=O) groups excluding carboxylic acids is 1. The first-order chi connectivity index (χ1) is 16.3. The minimum absolute atomic E-state index is 0.0526. The number of halogens is 5. The van der Waals surface area contributed by atoms with Crippen LogP contribution in [0, 0.1) is 36.0 Å². The predicted molar refractivity (Wildman–Crippen MR) is 119 cm³/mol.